The van der Waals surface area contributed by atoms with Crippen molar-refractivity contribution in [2.24, 2.45) is 0 Å². The molecular weight excluding hydrogens is 764 g/mol. The molecule has 10 heteroatoms. The summed E-state index contributed by atoms with van der Waals surface area (Å²) in [6, 6.07) is 0. The summed E-state index contributed by atoms with van der Waals surface area (Å²) < 4.78 is 33.3. The predicted octanol–water partition coefficient (Wildman–Crippen LogP) is 13.1. The SMILES string of the molecule is CC/C=C\C/C=C\C/C=C\C/C=C\C/C=C\C/C=C\C/C=C\CCCC(=O)OC(COCCCCCCCCCCCCCCCCC)COP(=O)(O)OCC(O)CO. The molecule has 340 valence electrons. The van der Waals surface area contributed by atoms with Crippen molar-refractivity contribution < 1.29 is 43.0 Å². The molecule has 0 aliphatic rings. The van der Waals surface area contributed by atoms with Crippen molar-refractivity contribution in [3.8, 4) is 0 Å². The highest BCUT2D eigenvalue weighted by molar-refractivity contribution is 7.47. The van der Waals surface area contributed by atoms with Gasteiger partial charge in [-0.25, -0.2) is 4.57 Å². The van der Waals surface area contributed by atoms with Crippen molar-refractivity contribution >= 4 is 13.8 Å². The van der Waals surface area contributed by atoms with Gasteiger partial charge in [-0.05, 0) is 64.2 Å². The van der Waals surface area contributed by atoms with Crippen LogP contribution < -0.4 is 0 Å². The first kappa shape index (κ1) is 56.6. The molecule has 0 fully saturated rings. The van der Waals surface area contributed by atoms with Crippen molar-refractivity contribution in [3.63, 3.8) is 0 Å². The van der Waals surface area contributed by atoms with Crippen LogP contribution in [0, 0.1) is 0 Å². The van der Waals surface area contributed by atoms with E-state index >= 15 is 0 Å². The van der Waals surface area contributed by atoms with Crippen LogP contribution in [0.1, 0.15) is 174 Å². The normalized spacial score (nSPS) is 14.7. The molecule has 59 heavy (non-hydrogen) atoms. The average molecular weight is 849 g/mol. The van der Waals surface area contributed by atoms with Crippen LogP contribution in [0.15, 0.2) is 85.1 Å². The number of aliphatic hydroxyl groups is 2. The van der Waals surface area contributed by atoms with Crippen molar-refractivity contribution in [1.29, 1.82) is 0 Å². The fourth-order valence-corrected chi connectivity index (χ4v) is 6.66. The molecule has 0 heterocycles. The van der Waals surface area contributed by atoms with E-state index in [1.807, 2.05) is 0 Å². The third-order valence-electron chi connectivity index (χ3n) is 9.35. The van der Waals surface area contributed by atoms with Gasteiger partial charge in [-0.3, -0.25) is 13.8 Å². The van der Waals surface area contributed by atoms with Gasteiger partial charge in [0.1, 0.15) is 12.2 Å². The molecule has 0 spiro atoms. The summed E-state index contributed by atoms with van der Waals surface area (Å²) in [5.74, 6) is -0.441. The Labute approximate surface area is 360 Å². The van der Waals surface area contributed by atoms with Gasteiger partial charge in [0, 0.05) is 13.0 Å². The highest BCUT2D eigenvalue weighted by Crippen LogP contribution is 2.43. The minimum atomic E-state index is -4.54. The molecule has 0 radical (unpaired) electrons. The van der Waals surface area contributed by atoms with Gasteiger partial charge < -0.3 is 24.6 Å². The molecular formula is C49H85O9P. The Morgan fingerprint density at radius 1 is 0.542 bits per heavy atom. The van der Waals surface area contributed by atoms with Crippen LogP contribution in [-0.2, 0) is 27.9 Å². The van der Waals surface area contributed by atoms with E-state index in [1.165, 1.54) is 77.0 Å². The Kier molecular flexibility index (Phi) is 43.4. The van der Waals surface area contributed by atoms with Gasteiger partial charge in [0.25, 0.3) is 0 Å². The summed E-state index contributed by atoms with van der Waals surface area (Å²) in [5, 5.41) is 18.4. The van der Waals surface area contributed by atoms with Crippen molar-refractivity contribution in [2.75, 3.05) is 33.0 Å². The summed E-state index contributed by atoms with van der Waals surface area (Å²) in [6.45, 7) is 3.33. The highest BCUT2D eigenvalue weighted by Gasteiger charge is 2.26. The van der Waals surface area contributed by atoms with E-state index in [9.17, 15) is 19.4 Å². The zero-order valence-electron chi connectivity index (χ0n) is 37.2. The van der Waals surface area contributed by atoms with Crippen LogP contribution in [0.4, 0.5) is 0 Å². The van der Waals surface area contributed by atoms with Gasteiger partial charge in [0.2, 0.25) is 0 Å². The molecule has 0 bridgehead atoms. The lowest BCUT2D eigenvalue weighted by Crippen LogP contribution is -2.29. The maximum atomic E-state index is 12.6. The van der Waals surface area contributed by atoms with Crippen molar-refractivity contribution in [3.05, 3.63) is 85.1 Å². The molecule has 0 aliphatic carbocycles. The monoisotopic (exact) mass is 849 g/mol. The maximum absolute atomic E-state index is 12.6. The minimum Gasteiger partial charge on any atom is -0.457 e. The number of hydrogen-bond donors (Lipinski definition) is 3. The number of hydrogen-bond acceptors (Lipinski definition) is 8. The fourth-order valence-electron chi connectivity index (χ4n) is 5.87. The second-order valence-electron chi connectivity index (χ2n) is 15.0. The van der Waals surface area contributed by atoms with Crippen LogP contribution in [0.3, 0.4) is 0 Å². The van der Waals surface area contributed by atoms with E-state index in [4.69, 9.17) is 23.6 Å². The van der Waals surface area contributed by atoms with Gasteiger partial charge in [-0.15, -0.1) is 0 Å². The lowest BCUT2D eigenvalue weighted by Gasteiger charge is -2.20. The third kappa shape index (κ3) is 45.0. The number of phosphoric ester groups is 1. The first-order valence-electron chi connectivity index (χ1n) is 23.1. The number of unbranched alkanes of at least 4 members (excludes halogenated alkanes) is 15. The molecule has 3 unspecified atom stereocenters. The summed E-state index contributed by atoms with van der Waals surface area (Å²) in [4.78, 5) is 22.6. The molecule has 0 saturated heterocycles. The standard InChI is InChI=1S/C49H85O9P/c1-3-5-7-9-11-13-15-17-19-20-21-22-23-24-25-26-27-29-31-33-35-37-39-41-49(52)58-48(46-57-59(53,54)56-44-47(51)43-50)45-55-42-40-38-36-34-32-30-28-18-16-14-12-10-8-6-4-2/h5,7,11,13,17,19,21-22,24-25,27,29,33,35,47-48,50-51H,3-4,6,8-10,12,14-16,18,20,23,26,28,30-32,34,36-46H2,1-2H3,(H,53,54)/b7-5-,13-11-,19-17-,22-21-,25-24-,29-27-,35-33-. The highest BCUT2D eigenvalue weighted by atomic mass is 31.2. The van der Waals surface area contributed by atoms with E-state index in [2.05, 4.69) is 98.9 Å². The van der Waals surface area contributed by atoms with E-state index in [-0.39, 0.29) is 13.0 Å². The molecule has 3 atom stereocenters. The lowest BCUT2D eigenvalue weighted by molar-refractivity contribution is -0.154. The minimum absolute atomic E-state index is 0.0233. The number of carbonyl (C=O) groups excluding carboxylic acids is 1. The second-order valence-corrected chi connectivity index (χ2v) is 16.5. The molecule has 0 aromatic carbocycles. The Bertz CT molecular complexity index is 1190. The molecule has 0 aromatic heterocycles. The molecule has 0 saturated carbocycles. The molecule has 0 aliphatic heterocycles. The van der Waals surface area contributed by atoms with E-state index in [1.54, 1.807) is 0 Å². The number of allylic oxidation sites excluding steroid dienone is 14. The van der Waals surface area contributed by atoms with Gasteiger partial charge in [0.05, 0.1) is 26.4 Å². The molecule has 0 amide bonds. The quantitative estimate of drug-likeness (QED) is 0.0237. The van der Waals surface area contributed by atoms with Crippen molar-refractivity contribution in [1.82, 2.24) is 0 Å². The number of esters is 1. The van der Waals surface area contributed by atoms with Crippen molar-refractivity contribution in [2.45, 2.75) is 187 Å². The Morgan fingerprint density at radius 3 is 1.39 bits per heavy atom. The summed E-state index contributed by atoms with van der Waals surface area (Å²) in [6.07, 6.45) is 55.5. The molecule has 9 nitrogen and oxygen atoms in total. The molecule has 0 aromatic rings. The van der Waals surface area contributed by atoms with Crippen LogP contribution in [0.5, 0.6) is 0 Å². The summed E-state index contributed by atoms with van der Waals surface area (Å²) in [5.41, 5.74) is 0. The predicted molar refractivity (Wildman–Crippen MR) is 246 cm³/mol. The van der Waals surface area contributed by atoms with Crippen LogP contribution in [0.2, 0.25) is 0 Å². The fraction of sp³-hybridized carbons (Fsp3) is 0.694. The zero-order chi connectivity index (χ0) is 43.2. The van der Waals surface area contributed by atoms with E-state index in [0.717, 1.165) is 70.6 Å². The van der Waals surface area contributed by atoms with Gasteiger partial charge >= 0.3 is 13.8 Å². The van der Waals surface area contributed by atoms with Gasteiger partial charge in [0.15, 0.2) is 0 Å². The number of carbonyl (C=O) groups is 1. The van der Waals surface area contributed by atoms with Crippen LogP contribution in [0.25, 0.3) is 0 Å². The Hall–Kier alpha value is -2.36. The van der Waals surface area contributed by atoms with Crippen LogP contribution in [-0.4, -0.2) is 66.3 Å². The Morgan fingerprint density at radius 2 is 0.949 bits per heavy atom. The number of aliphatic hydroxyl groups excluding tert-OH is 2. The summed E-state index contributed by atoms with van der Waals surface area (Å²) >= 11 is 0. The number of rotatable bonds is 43. The average Bonchev–Trinajstić information content (AvgIpc) is 3.23. The second kappa shape index (κ2) is 45.2. The maximum Gasteiger partial charge on any atom is 0.472 e. The lowest BCUT2D eigenvalue weighted by atomic mass is 10.0. The Balaban J connectivity index is 4.27. The van der Waals surface area contributed by atoms with E-state index < -0.39 is 45.8 Å². The van der Waals surface area contributed by atoms with E-state index in [0.29, 0.717) is 13.0 Å². The zero-order valence-corrected chi connectivity index (χ0v) is 38.1. The molecule has 3 N–H and O–H groups in total. The summed E-state index contributed by atoms with van der Waals surface area (Å²) in [7, 11) is -4.54. The number of phosphoric acid groups is 1. The first-order chi connectivity index (χ1) is 28.8. The third-order valence-corrected chi connectivity index (χ3v) is 10.3. The van der Waals surface area contributed by atoms with Gasteiger partial charge in [-0.1, -0.05) is 189 Å². The topological polar surface area (TPSA) is 132 Å². The number of ether oxygens (including phenoxy) is 2. The largest absolute Gasteiger partial charge is 0.472 e. The molecule has 0 rings (SSSR count). The van der Waals surface area contributed by atoms with Crippen LogP contribution >= 0.6 is 7.82 Å². The smallest absolute Gasteiger partial charge is 0.457 e. The first-order valence-corrected chi connectivity index (χ1v) is 24.6. The van der Waals surface area contributed by atoms with Gasteiger partial charge in [-0.2, -0.15) is 0 Å².